The Morgan fingerprint density at radius 3 is 2.56 bits per heavy atom. The van der Waals surface area contributed by atoms with Gasteiger partial charge in [-0.1, -0.05) is 0 Å². The van der Waals surface area contributed by atoms with Crippen molar-refractivity contribution in [2.45, 2.75) is 11.8 Å². The van der Waals surface area contributed by atoms with Crippen molar-refractivity contribution in [3.05, 3.63) is 40.2 Å². The first-order valence-electron chi connectivity index (χ1n) is 4.40. The molecule has 0 saturated heterocycles. The summed E-state index contributed by atoms with van der Waals surface area (Å²) < 4.78 is 35.6. The normalized spacial score (nSPS) is 11.9. The molecule has 0 aliphatic heterocycles. The van der Waals surface area contributed by atoms with Gasteiger partial charge in [0, 0.05) is 11.5 Å². The van der Waals surface area contributed by atoms with Crippen LogP contribution in [0, 0.1) is 6.92 Å². The summed E-state index contributed by atoms with van der Waals surface area (Å²) in [5.74, 6) is 0. The molecule has 5 nitrogen and oxygen atoms in total. The maximum absolute atomic E-state index is 11.1. The molecule has 1 N–H and O–H groups in total. The second-order valence-corrected chi connectivity index (χ2v) is 4.80. The van der Waals surface area contributed by atoms with Crippen LogP contribution in [0.2, 0.25) is 0 Å². The molecule has 0 spiro atoms. The number of fused-ring (bicyclic) bond motifs is 1. The Morgan fingerprint density at radius 2 is 1.94 bits per heavy atom. The van der Waals surface area contributed by atoms with E-state index in [9.17, 15) is 13.2 Å². The van der Waals surface area contributed by atoms with Crippen molar-refractivity contribution < 1.29 is 17.4 Å². The maximum Gasteiger partial charge on any atom is 0.336 e. The van der Waals surface area contributed by atoms with Crippen LogP contribution >= 0.6 is 0 Å². The van der Waals surface area contributed by atoms with E-state index in [0.717, 1.165) is 0 Å². The van der Waals surface area contributed by atoms with E-state index < -0.39 is 15.7 Å². The van der Waals surface area contributed by atoms with E-state index in [1.54, 1.807) is 6.92 Å². The molecule has 0 unspecified atom stereocenters. The van der Waals surface area contributed by atoms with Crippen LogP contribution < -0.4 is 5.63 Å². The molecule has 0 amide bonds. The van der Waals surface area contributed by atoms with E-state index in [1.165, 1.54) is 24.3 Å². The lowest BCUT2D eigenvalue weighted by Gasteiger charge is -2.02. The van der Waals surface area contributed by atoms with Crippen LogP contribution in [0.4, 0.5) is 0 Å². The summed E-state index contributed by atoms with van der Waals surface area (Å²) in [5.41, 5.74) is 0.388. The van der Waals surface area contributed by atoms with Gasteiger partial charge in [0.25, 0.3) is 10.1 Å². The van der Waals surface area contributed by atoms with Crippen molar-refractivity contribution >= 4 is 21.1 Å². The molecule has 1 aromatic carbocycles. The van der Waals surface area contributed by atoms with Crippen molar-refractivity contribution in [2.24, 2.45) is 0 Å². The largest absolute Gasteiger partial charge is 0.423 e. The van der Waals surface area contributed by atoms with Crippen LogP contribution in [0.1, 0.15) is 5.56 Å². The summed E-state index contributed by atoms with van der Waals surface area (Å²) in [6, 6.07) is 5.05. The molecule has 2 rings (SSSR count). The smallest absolute Gasteiger partial charge is 0.336 e. The monoisotopic (exact) mass is 240 g/mol. The Morgan fingerprint density at radius 1 is 1.25 bits per heavy atom. The van der Waals surface area contributed by atoms with Gasteiger partial charge in [0.1, 0.15) is 5.58 Å². The van der Waals surface area contributed by atoms with Crippen LogP contribution in [0.15, 0.2) is 38.4 Å². The van der Waals surface area contributed by atoms with Gasteiger partial charge in [0.05, 0.1) is 4.90 Å². The molecule has 16 heavy (non-hydrogen) atoms. The average Bonchev–Trinajstić information content (AvgIpc) is 2.15. The van der Waals surface area contributed by atoms with Gasteiger partial charge in [-0.3, -0.25) is 4.55 Å². The minimum Gasteiger partial charge on any atom is -0.423 e. The summed E-state index contributed by atoms with van der Waals surface area (Å²) in [4.78, 5) is 10.8. The van der Waals surface area contributed by atoms with Crippen molar-refractivity contribution in [3.63, 3.8) is 0 Å². The van der Waals surface area contributed by atoms with Gasteiger partial charge in [0.15, 0.2) is 0 Å². The zero-order valence-corrected chi connectivity index (χ0v) is 9.11. The van der Waals surface area contributed by atoms with Crippen LogP contribution in [-0.2, 0) is 10.1 Å². The van der Waals surface area contributed by atoms with E-state index in [2.05, 4.69) is 0 Å². The molecule has 0 saturated carbocycles. The highest BCUT2D eigenvalue weighted by Crippen LogP contribution is 2.20. The molecule has 0 aliphatic rings. The third kappa shape index (κ3) is 1.84. The van der Waals surface area contributed by atoms with Crippen molar-refractivity contribution in [2.75, 3.05) is 0 Å². The highest BCUT2D eigenvalue weighted by atomic mass is 32.2. The molecule has 6 heteroatoms. The molecule has 84 valence electrons. The van der Waals surface area contributed by atoms with E-state index in [0.29, 0.717) is 10.9 Å². The van der Waals surface area contributed by atoms with Gasteiger partial charge >= 0.3 is 5.63 Å². The van der Waals surface area contributed by atoms with Gasteiger partial charge < -0.3 is 4.42 Å². The molecule has 0 atom stereocenters. The van der Waals surface area contributed by atoms with E-state index >= 15 is 0 Å². The minimum atomic E-state index is -4.24. The Balaban J connectivity index is 2.87. The van der Waals surface area contributed by atoms with Gasteiger partial charge in [0.2, 0.25) is 0 Å². The number of rotatable bonds is 1. The maximum atomic E-state index is 11.1. The Bertz CT molecular complexity index is 712. The first kappa shape index (κ1) is 10.8. The first-order chi connectivity index (χ1) is 7.38. The molecule has 0 radical (unpaired) electrons. The Hall–Kier alpha value is -1.66. The molecule has 0 aliphatic carbocycles. The highest BCUT2D eigenvalue weighted by Gasteiger charge is 2.11. The number of benzene rings is 1. The van der Waals surface area contributed by atoms with Crippen LogP contribution in [-0.4, -0.2) is 13.0 Å². The number of hydrogen-bond acceptors (Lipinski definition) is 4. The molecule has 0 bridgehead atoms. The van der Waals surface area contributed by atoms with Gasteiger partial charge in [-0.25, -0.2) is 4.79 Å². The molecular weight excluding hydrogens is 232 g/mol. The second-order valence-electron chi connectivity index (χ2n) is 3.38. The van der Waals surface area contributed by atoms with Crippen molar-refractivity contribution in [1.29, 1.82) is 0 Å². The second kappa shape index (κ2) is 3.43. The summed E-state index contributed by atoms with van der Waals surface area (Å²) >= 11 is 0. The van der Waals surface area contributed by atoms with Gasteiger partial charge in [-0.2, -0.15) is 8.42 Å². The average molecular weight is 240 g/mol. The van der Waals surface area contributed by atoms with Crippen LogP contribution in [0.25, 0.3) is 11.0 Å². The third-order valence-corrected chi connectivity index (χ3v) is 3.07. The minimum absolute atomic E-state index is 0.225. The summed E-state index contributed by atoms with van der Waals surface area (Å²) in [6.07, 6.45) is 0. The van der Waals surface area contributed by atoms with Gasteiger partial charge in [-0.05, 0) is 30.7 Å². The van der Waals surface area contributed by atoms with Crippen molar-refractivity contribution in [1.82, 2.24) is 0 Å². The number of aryl methyl sites for hydroxylation is 1. The zero-order valence-electron chi connectivity index (χ0n) is 8.30. The predicted molar refractivity (Wildman–Crippen MR) is 57.0 cm³/mol. The first-order valence-corrected chi connectivity index (χ1v) is 5.84. The summed E-state index contributed by atoms with van der Waals surface area (Å²) in [7, 11) is -4.24. The van der Waals surface area contributed by atoms with Crippen molar-refractivity contribution in [3.8, 4) is 0 Å². The van der Waals surface area contributed by atoms with Crippen LogP contribution in [0.3, 0.4) is 0 Å². The molecule has 2 aromatic rings. The fourth-order valence-electron chi connectivity index (χ4n) is 1.46. The molecule has 0 fully saturated rings. The van der Waals surface area contributed by atoms with Gasteiger partial charge in [-0.15, -0.1) is 0 Å². The van der Waals surface area contributed by atoms with E-state index in [4.69, 9.17) is 8.97 Å². The SMILES string of the molecule is Cc1cc(=O)oc2ccc(S(=O)(=O)O)cc12. The molecule has 1 aromatic heterocycles. The fourth-order valence-corrected chi connectivity index (χ4v) is 1.97. The fraction of sp³-hybridized carbons (Fsp3) is 0.100. The Kier molecular flexibility index (Phi) is 2.32. The highest BCUT2D eigenvalue weighted by molar-refractivity contribution is 7.85. The lowest BCUT2D eigenvalue weighted by molar-refractivity contribution is 0.483. The molecular formula is C10H8O5S. The predicted octanol–water partition coefficient (Wildman–Crippen LogP) is 1.35. The third-order valence-electron chi connectivity index (χ3n) is 2.22. The van der Waals surface area contributed by atoms with E-state index in [-0.39, 0.29) is 10.5 Å². The Labute approximate surface area is 91.1 Å². The quantitative estimate of drug-likeness (QED) is 0.600. The standard InChI is InChI=1S/C10H8O5S/c1-6-4-10(11)15-9-3-2-7(5-8(6)9)16(12,13)14/h2-5H,1H3,(H,12,13,14). The summed E-state index contributed by atoms with van der Waals surface area (Å²) in [6.45, 7) is 1.66. The zero-order chi connectivity index (χ0) is 11.9. The molecule has 1 heterocycles. The summed E-state index contributed by atoms with van der Waals surface area (Å²) in [5, 5.41) is 0.481. The van der Waals surface area contributed by atoms with E-state index in [1.807, 2.05) is 0 Å². The van der Waals surface area contributed by atoms with Crippen LogP contribution in [0.5, 0.6) is 0 Å². The lowest BCUT2D eigenvalue weighted by Crippen LogP contribution is -2.01. The topological polar surface area (TPSA) is 84.6 Å². The lowest BCUT2D eigenvalue weighted by atomic mass is 10.1. The number of hydrogen-bond donors (Lipinski definition) is 1.